The summed E-state index contributed by atoms with van der Waals surface area (Å²) >= 11 is 0. The molecule has 0 aromatic heterocycles. The first-order chi connectivity index (χ1) is 15.3. The number of carbonyl (C=O) groups excluding carboxylic acids is 3. The summed E-state index contributed by atoms with van der Waals surface area (Å²) in [5, 5.41) is 2.67. The van der Waals surface area contributed by atoms with Crippen molar-refractivity contribution in [3.8, 4) is 5.75 Å². The molecule has 2 aromatic rings. The molecule has 0 radical (unpaired) electrons. The first kappa shape index (κ1) is 26.1. The number of Topliss-reactive ketones (excluding diaryl/α,β-unsaturated/α-hetero) is 2. The van der Waals surface area contributed by atoms with Gasteiger partial charge in [-0.1, -0.05) is 45.0 Å². The van der Waals surface area contributed by atoms with Crippen molar-refractivity contribution in [1.82, 2.24) is 5.32 Å². The Morgan fingerprint density at radius 1 is 0.788 bits per heavy atom. The Balaban J connectivity index is 1.78. The van der Waals surface area contributed by atoms with Crippen LogP contribution in [0.2, 0.25) is 0 Å². The van der Waals surface area contributed by atoms with Gasteiger partial charge in [0.05, 0.1) is 13.0 Å². The molecule has 0 saturated carbocycles. The van der Waals surface area contributed by atoms with E-state index in [9.17, 15) is 14.4 Å². The lowest BCUT2D eigenvalue weighted by Crippen LogP contribution is -2.33. The van der Waals surface area contributed by atoms with E-state index in [1.165, 1.54) is 0 Å². The first-order valence-corrected chi connectivity index (χ1v) is 11.2. The van der Waals surface area contributed by atoms with Gasteiger partial charge in [0.1, 0.15) is 11.4 Å². The minimum Gasteiger partial charge on any atom is -0.494 e. The Hall–Kier alpha value is -3.15. The molecular weight excluding hydrogens is 418 g/mol. The molecule has 0 atom stereocenters. The molecule has 0 aliphatic rings. The number of alkyl carbamates (subject to hydrolysis) is 1. The third kappa shape index (κ3) is 9.08. The van der Waals surface area contributed by atoms with Crippen molar-refractivity contribution in [2.75, 3.05) is 13.2 Å². The second-order valence-corrected chi connectivity index (χ2v) is 10.0. The second-order valence-electron chi connectivity index (χ2n) is 10.0. The van der Waals surface area contributed by atoms with E-state index in [-0.39, 0.29) is 23.4 Å². The van der Waals surface area contributed by atoms with Gasteiger partial charge >= 0.3 is 6.09 Å². The number of carbonyl (C=O) groups is 3. The Bertz CT molecular complexity index is 948. The number of nitrogens with one attached hydrogen (secondary N) is 1. The van der Waals surface area contributed by atoms with Crippen LogP contribution in [0.15, 0.2) is 48.5 Å². The van der Waals surface area contributed by atoms with E-state index in [0.717, 1.165) is 5.56 Å². The lowest BCUT2D eigenvalue weighted by atomic mass is 9.86. The van der Waals surface area contributed by atoms with Crippen LogP contribution >= 0.6 is 0 Å². The molecule has 0 unspecified atom stereocenters. The summed E-state index contributed by atoms with van der Waals surface area (Å²) in [6.45, 7) is 12.6. The highest BCUT2D eigenvalue weighted by molar-refractivity contribution is 6.13. The molecule has 0 aliphatic carbocycles. The van der Waals surface area contributed by atoms with E-state index in [4.69, 9.17) is 9.47 Å². The van der Waals surface area contributed by atoms with Crippen LogP contribution in [-0.2, 0) is 10.2 Å². The fraction of sp³-hybridized carbons (Fsp3) is 0.444. The molecule has 2 aromatic carbocycles. The minimum absolute atomic E-state index is 0.00974. The molecule has 0 saturated heterocycles. The summed E-state index contributed by atoms with van der Waals surface area (Å²) in [5.41, 5.74) is 1.63. The zero-order valence-corrected chi connectivity index (χ0v) is 20.5. The third-order valence-electron chi connectivity index (χ3n) is 4.83. The molecule has 0 bridgehead atoms. The number of hydrogen-bond donors (Lipinski definition) is 1. The predicted octanol–water partition coefficient (Wildman–Crippen LogP) is 5.73. The van der Waals surface area contributed by atoms with Crippen LogP contribution in [0.3, 0.4) is 0 Å². The average molecular weight is 454 g/mol. The Labute approximate surface area is 196 Å². The van der Waals surface area contributed by atoms with Crippen molar-refractivity contribution in [2.45, 2.75) is 65.4 Å². The predicted molar refractivity (Wildman–Crippen MR) is 129 cm³/mol. The van der Waals surface area contributed by atoms with Gasteiger partial charge in [-0.2, -0.15) is 0 Å². The van der Waals surface area contributed by atoms with Gasteiger partial charge in [-0.05, 0) is 62.4 Å². The number of ketones is 2. The van der Waals surface area contributed by atoms with E-state index >= 15 is 0 Å². The number of amides is 1. The van der Waals surface area contributed by atoms with Gasteiger partial charge in [-0.15, -0.1) is 0 Å². The number of benzene rings is 2. The fourth-order valence-electron chi connectivity index (χ4n) is 3.01. The van der Waals surface area contributed by atoms with E-state index in [2.05, 4.69) is 26.1 Å². The maximum absolute atomic E-state index is 12.5. The molecule has 0 aliphatic heterocycles. The van der Waals surface area contributed by atoms with E-state index < -0.39 is 11.7 Å². The summed E-state index contributed by atoms with van der Waals surface area (Å²) < 4.78 is 10.8. The molecular formula is C27H35NO5. The topological polar surface area (TPSA) is 81.7 Å². The largest absolute Gasteiger partial charge is 0.494 e. The molecule has 0 heterocycles. The van der Waals surface area contributed by atoms with Crippen LogP contribution < -0.4 is 10.1 Å². The minimum atomic E-state index is -0.527. The van der Waals surface area contributed by atoms with Crippen LogP contribution in [0.5, 0.6) is 5.75 Å². The fourth-order valence-corrected chi connectivity index (χ4v) is 3.01. The maximum Gasteiger partial charge on any atom is 0.407 e. The number of ether oxygens (including phenoxy) is 2. The van der Waals surface area contributed by atoms with E-state index in [0.29, 0.717) is 36.4 Å². The van der Waals surface area contributed by atoms with Crippen LogP contribution in [0.25, 0.3) is 0 Å². The van der Waals surface area contributed by atoms with Crippen LogP contribution in [-0.4, -0.2) is 36.4 Å². The molecule has 178 valence electrons. The van der Waals surface area contributed by atoms with Crippen molar-refractivity contribution in [2.24, 2.45) is 0 Å². The third-order valence-corrected chi connectivity index (χ3v) is 4.83. The van der Waals surface area contributed by atoms with Crippen molar-refractivity contribution in [3.63, 3.8) is 0 Å². The molecule has 0 spiro atoms. The summed E-state index contributed by atoms with van der Waals surface area (Å²) in [6, 6.07) is 14.2. The highest BCUT2D eigenvalue weighted by Crippen LogP contribution is 2.23. The quantitative estimate of drug-likeness (QED) is 0.298. The van der Waals surface area contributed by atoms with Crippen molar-refractivity contribution in [1.29, 1.82) is 0 Å². The molecule has 6 nitrogen and oxygen atoms in total. The number of hydrogen-bond acceptors (Lipinski definition) is 5. The lowest BCUT2D eigenvalue weighted by molar-refractivity contribution is 0.0525. The standard InChI is InChI=1S/C27H35NO5/c1-26(2,3)21-12-8-19(9-13-21)23(29)18-24(30)20-10-14-22(15-11-20)32-17-7-16-28-25(31)33-27(4,5)6/h8-15H,7,16-18H2,1-6H3,(H,28,31). The molecule has 0 fully saturated rings. The van der Waals surface area contributed by atoms with Crippen molar-refractivity contribution >= 4 is 17.7 Å². The monoisotopic (exact) mass is 453 g/mol. The van der Waals surface area contributed by atoms with Crippen LogP contribution in [0.1, 0.15) is 80.7 Å². The molecule has 6 heteroatoms. The molecule has 1 amide bonds. The van der Waals surface area contributed by atoms with Gasteiger partial charge in [-0.25, -0.2) is 4.79 Å². The zero-order chi connectivity index (χ0) is 24.6. The van der Waals surface area contributed by atoms with Gasteiger partial charge in [0, 0.05) is 17.7 Å². The van der Waals surface area contributed by atoms with Crippen LogP contribution in [0.4, 0.5) is 4.79 Å². The lowest BCUT2D eigenvalue weighted by Gasteiger charge is -2.19. The summed E-state index contributed by atoms with van der Waals surface area (Å²) in [6.07, 6.45) is -0.0153. The van der Waals surface area contributed by atoms with Gasteiger partial charge in [-0.3, -0.25) is 9.59 Å². The zero-order valence-electron chi connectivity index (χ0n) is 20.5. The van der Waals surface area contributed by atoms with E-state index in [1.807, 2.05) is 32.9 Å². The Morgan fingerprint density at radius 2 is 1.30 bits per heavy atom. The van der Waals surface area contributed by atoms with Gasteiger partial charge < -0.3 is 14.8 Å². The Kier molecular flexibility index (Phi) is 8.80. The average Bonchev–Trinajstić information content (AvgIpc) is 2.72. The smallest absolute Gasteiger partial charge is 0.407 e. The molecule has 2 rings (SSSR count). The normalized spacial score (nSPS) is 11.6. The number of rotatable bonds is 9. The molecule has 33 heavy (non-hydrogen) atoms. The first-order valence-electron chi connectivity index (χ1n) is 11.2. The van der Waals surface area contributed by atoms with Crippen molar-refractivity contribution in [3.05, 3.63) is 65.2 Å². The van der Waals surface area contributed by atoms with E-state index in [1.54, 1.807) is 36.4 Å². The SMILES string of the molecule is CC(C)(C)OC(=O)NCCCOc1ccc(C(=O)CC(=O)c2ccc(C(C)(C)C)cc2)cc1. The van der Waals surface area contributed by atoms with Crippen molar-refractivity contribution < 1.29 is 23.9 Å². The Morgan fingerprint density at radius 3 is 1.79 bits per heavy atom. The van der Waals surface area contributed by atoms with Gasteiger partial charge in [0.15, 0.2) is 11.6 Å². The highest BCUT2D eigenvalue weighted by Gasteiger charge is 2.17. The van der Waals surface area contributed by atoms with Gasteiger partial charge in [0.2, 0.25) is 0 Å². The molecule has 1 N–H and O–H groups in total. The summed E-state index contributed by atoms with van der Waals surface area (Å²) in [4.78, 5) is 36.6. The summed E-state index contributed by atoms with van der Waals surface area (Å²) in [7, 11) is 0. The highest BCUT2D eigenvalue weighted by atomic mass is 16.6. The maximum atomic E-state index is 12.5. The van der Waals surface area contributed by atoms with Crippen LogP contribution in [0, 0.1) is 0 Å². The second kappa shape index (κ2) is 11.1. The van der Waals surface area contributed by atoms with Gasteiger partial charge in [0.25, 0.3) is 0 Å². The summed E-state index contributed by atoms with van der Waals surface area (Å²) in [5.74, 6) is 0.194.